The summed E-state index contributed by atoms with van der Waals surface area (Å²) in [7, 11) is 5.78. The molecule has 0 fully saturated rings. The molecule has 0 aliphatic rings. The molecule has 0 saturated heterocycles. The summed E-state index contributed by atoms with van der Waals surface area (Å²) in [6, 6.07) is 0. The number of hydrogen-bond donors (Lipinski definition) is 2. The first-order valence-electron chi connectivity index (χ1n) is 5.80. The lowest BCUT2D eigenvalue weighted by molar-refractivity contribution is 0.173. The third-order valence-corrected chi connectivity index (χ3v) is 2.43. The fourth-order valence-electron chi connectivity index (χ4n) is 1.75. The molecule has 0 radical (unpaired) electrons. The topological polar surface area (TPSA) is 79.0 Å². The highest BCUT2D eigenvalue weighted by Crippen LogP contribution is 2.22. The normalized spacial score (nSPS) is 12.9. The van der Waals surface area contributed by atoms with Crippen LogP contribution in [0.1, 0.15) is 6.92 Å². The number of aromatic nitrogens is 4. The van der Waals surface area contributed by atoms with Crippen LogP contribution in [-0.4, -0.2) is 58.9 Å². The highest BCUT2D eigenvalue weighted by atomic mass is 16.5. The second-order valence-corrected chi connectivity index (χ2v) is 4.43. The highest BCUT2D eigenvalue weighted by molar-refractivity contribution is 5.80. The van der Waals surface area contributed by atoms with Gasteiger partial charge in [-0.15, -0.1) is 0 Å². The molecule has 2 N–H and O–H groups in total. The van der Waals surface area contributed by atoms with Crippen LogP contribution >= 0.6 is 0 Å². The fraction of sp³-hybridized carbons (Fsp3) is 0.545. The van der Waals surface area contributed by atoms with Crippen LogP contribution in [0.25, 0.3) is 11.0 Å². The van der Waals surface area contributed by atoms with E-state index in [4.69, 9.17) is 4.74 Å². The van der Waals surface area contributed by atoms with Crippen LogP contribution in [0.2, 0.25) is 0 Å². The molecule has 0 amide bonds. The third kappa shape index (κ3) is 2.67. The van der Waals surface area contributed by atoms with E-state index < -0.39 is 0 Å². The lowest BCUT2D eigenvalue weighted by Gasteiger charge is -2.18. The molecule has 1 unspecified atom stereocenters. The Bertz CT molecular complexity index is 523. The van der Waals surface area contributed by atoms with E-state index in [0.29, 0.717) is 17.5 Å². The van der Waals surface area contributed by atoms with Crippen LogP contribution in [0.5, 0.6) is 5.88 Å². The Labute approximate surface area is 106 Å². The summed E-state index contributed by atoms with van der Waals surface area (Å²) >= 11 is 0. The predicted molar refractivity (Wildman–Crippen MR) is 69.9 cm³/mol. The number of nitrogens with one attached hydrogen (secondary N) is 2. The molecule has 2 rings (SSSR count). The summed E-state index contributed by atoms with van der Waals surface area (Å²) in [5, 5.41) is 10.5. The van der Waals surface area contributed by atoms with Gasteiger partial charge in [0, 0.05) is 13.6 Å². The Kier molecular flexibility index (Phi) is 3.61. The first-order valence-corrected chi connectivity index (χ1v) is 5.80. The molecule has 0 aromatic carbocycles. The number of aromatic amines is 1. The second kappa shape index (κ2) is 5.18. The van der Waals surface area contributed by atoms with Crippen LogP contribution in [0, 0.1) is 0 Å². The van der Waals surface area contributed by atoms with E-state index in [9.17, 15) is 0 Å². The first kappa shape index (κ1) is 12.6. The molecule has 7 heteroatoms. The molecule has 0 aliphatic heterocycles. The molecule has 2 aromatic rings. The Hall–Kier alpha value is -1.89. The number of fused-ring (bicyclic) bond motifs is 1. The number of nitrogens with zero attached hydrogens (tertiary/aromatic N) is 4. The van der Waals surface area contributed by atoms with Crippen LogP contribution in [-0.2, 0) is 0 Å². The molecule has 2 heterocycles. The molecule has 0 bridgehead atoms. The summed E-state index contributed by atoms with van der Waals surface area (Å²) in [4.78, 5) is 10.6. The molecule has 2 aromatic heterocycles. The van der Waals surface area contributed by atoms with Crippen molar-refractivity contribution in [1.29, 1.82) is 0 Å². The van der Waals surface area contributed by atoms with Crippen molar-refractivity contribution < 1.29 is 4.74 Å². The number of ether oxygens (including phenoxy) is 1. The first-order chi connectivity index (χ1) is 8.60. The number of rotatable bonds is 5. The van der Waals surface area contributed by atoms with Crippen LogP contribution in [0.15, 0.2) is 6.20 Å². The van der Waals surface area contributed by atoms with Gasteiger partial charge in [0.25, 0.3) is 0 Å². The Balaban J connectivity index is 2.28. The maximum absolute atomic E-state index is 5.85. The summed E-state index contributed by atoms with van der Waals surface area (Å²) in [6.07, 6.45) is 1.71. The van der Waals surface area contributed by atoms with Crippen LogP contribution in [0.4, 0.5) is 5.95 Å². The van der Waals surface area contributed by atoms with Crippen molar-refractivity contribution >= 4 is 17.0 Å². The zero-order valence-corrected chi connectivity index (χ0v) is 11.1. The maximum atomic E-state index is 5.85. The lowest BCUT2D eigenvalue weighted by atomic mass is 10.3. The summed E-state index contributed by atoms with van der Waals surface area (Å²) in [5.74, 6) is 1.06. The van der Waals surface area contributed by atoms with Crippen molar-refractivity contribution in [3.63, 3.8) is 0 Å². The summed E-state index contributed by atoms with van der Waals surface area (Å²) in [5.41, 5.74) is 0.668. The van der Waals surface area contributed by atoms with Gasteiger partial charge in [0.2, 0.25) is 11.8 Å². The fourth-order valence-corrected chi connectivity index (χ4v) is 1.75. The van der Waals surface area contributed by atoms with Crippen molar-refractivity contribution in [2.75, 3.05) is 33.0 Å². The van der Waals surface area contributed by atoms with E-state index in [1.54, 1.807) is 13.2 Å². The third-order valence-electron chi connectivity index (χ3n) is 2.43. The van der Waals surface area contributed by atoms with Gasteiger partial charge < -0.3 is 15.0 Å². The van der Waals surface area contributed by atoms with Gasteiger partial charge in [-0.1, -0.05) is 0 Å². The van der Waals surface area contributed by atoms with Gasteiger partial charge in [-0.2, -0.15) is 15.1 Å². The number of hydrogen-bond acceptors (Lipinski definition) is 6. The van der Waals surface area contributed by atoms with E-state index in [-0.39, 0.29) is 6.10 Å². The van der Waals surface area contributed by atoms with E-state index in [1.165, 1.54) is 0 Å². The highest BCUT2D eigenvalue weighted by Gasteiger charge is 2.13. The van der Waals surface area contributed by atoms with Gasteiger partial charge in [0.15, 0.2) is 5.65 Å². The number of likely N-dealkylation sites (N-methyl/N-ethyl adjacent to an activating group) is 1. The molecule has 18 heavy (non-hydrogen) atoms. The average Bonchev–Trinajstić information content (AvgIpc) is 2.75. The van der Waals surface area contributed by atoms with Gasteiger partial charge in [-0.05, 0) is 21.0 Å². The largest absolute Gasteiger partial charge is 0.473 e. The Morgan fingerprint density at radius 2 is 2.22 bits per heavy atom. The number of H-pyrrole nitrogens is 1. The maximum Gasteiger partial charge on any atom is 0.229 e. The molecule has 98 valence electrons. The molecule has 0 spiro atoms. The quantitative estimate of drug-likeness (QED) is 0.814. The van der Waals surface area contributed by atoms with E-state index in [1.807, 2.05) is 21.0 Å². The monoisotopic (exact) mass is 250 g/mol. The van der Waals surface area contributed by atoms with Crippen LogP contribution < -0.4 is 10.1 Å². The lowest BCUT2D eigenvalue weighted by Crippen LogP contribution is -2.28. The van der Waals surface area contributed by atoms with Crippen molar-refractivity contribution in [2.45, 2.75) is 13.0 Å². The molecule has 7 nitrogen and oxygen atoms in total. The van der Waals surface area contributed by atoms with E-state index >= 15 is 0 Å². The van der Waals surface area contributed by atoms with Gasteiger partial charge in [-0.25, -0.2) is 0 Å². The van der Waals surface area contributed by atoms with E-state index in [2.05, 4.69) is 30.4 Å². The van der Waals surface area contributed by atoms with Crippen molar-refractivity contribution in [3.8, 4) is 5.88 Å². The van der Waals surface area contributed by atoms with E-state index in [0.717, 1.165) is 11.9 Å². The number of anilines is 1. The summed E-state index contributed by atoms with van der Waals surface area (Å²) in [6.45, 7) is 2.82. The minimum absolute atomic E-state index is 0.0395. The van der Waals surface area contributed by atoms with Crippen molar-refractivity contribution in [1.82, 2.24) is 25.1 Å². The zero-order chi connectivity index (χ0) is 13.1. The van der Waals surface area contributed by atoms with Gasteiger partial charge >= 0.3 is 0 Å². The molecule has 0 aliphatic carbocycles. The minimum Gasteiger partial charge on any atom is -0.473 e. The van der Waals surface area contributed by atoms with Crippen molar-refractivity contribution in [2.24, 2.45) is 0 Å². The Morgan fingerprint density at radius 3 is 2.89 bits per heavy atom. The average molecular weight is 250 g/mol. The van der Waals surface area contributed by atoms with Gasteiger partial charge in [-0.3, -0.25) is 5.10 Å². The summed E-state index contributed by atoms with van der Waals surface area (Å²) < 4.78 is 5.85. The standard InChI is InChI=1S/C11H18N6O/c1-7(6-17(3)4)18-10-8-5-13-16-9(8)14-11(12-2)15-10/h5,7H,6H2,1-4H3,(H2,12,13,14,15,16). The van der Waals surface area contributed by atoms with Gasteiger partial charge in [0.1, 0.15) is 11.5 Å². The molecular formula is C11H18N6O. The molecule has 0 saturated carbocycles. The van der Waals surface area contributed by atoms with Crippen LogP contribution in [0.3, 0.4) is 0 Å². The SMILES string of the molecule is CNc1nc(OC(C)CN(C)C)c2cn[nH]c2n1. The minimum atomic E-state index is 0.0395. The predicted octanol–water partition coefficient (Wildman–Crippen LogP) is 0.724. The molecule has 1 atom stereocenters. The second-order valence-electron chi connectivity index (χ2n) is 4.43. The molecular weight excluding hydrogens is 232 g/mol. The van der Waals surface area contributed by atoms with Gasteiger partial charge in [0.05, 0.1) is 6.20 Å². The Morgan fingerprint density at radius 1 is 1.44 bits per heavy atom. The van der Waals surface area contributed by atoms with Crippen molar-refractivity contribution in [3.05, 3.63) is 6.20 Å². The smallest absolute Gasteiger partial charge is 0.229 e. The zero-order valence-electron chi connectivity index (χ0n) is 11.1.